The Morgan fingerprint density at radius 2 is 1.79 bits per heavy atom. The van der Waals surface area contributed by atoms with Crippen molar-refractivity contribution in [1.82, 2.24) is 0 Å². The normalized spacial score (nSPS) is 10.0. The van der Waals surface area contributed by atoms with Gasteiger partial charge in [-0.3, -0.25) is 0 Å². The van der Waals surface area contributed by atoms with Crippen molar-refractivity contribution < 1.29 is 0 Å². The van der Waals surface area contributed by atoms with Crippen LogP contribution in [-0.4, -0.2) is 0 Å². The van der Waals surface area contributed by atoms with Crippen LogP contribution in [0.4, 0.5) is 0 Å². The summed E-state index contributed by atoms with van der Waals surface area (Å²) in [5.74, 6) is 0. The Morgan fingerprint density at radius 1 is 1.07 bits per heavy atom. The van der Waals surface area contributed by atoms with Gasteiger partial charge in [0.1, 0.15) is 0 Å². The van der Waals surface area contributed by atoms with E-state index < -0.39 is 0 Å². The van der Waals surface area contributed by atoms with Gasteiger partial charge >= 0.3 is 0 Å². The van der Waals surface area contributed by atoms with Gasteiger partial charge in [0.05, 0.1) is 11.6 Å². The van der Waals surface area contributed by atoms with Gasteiger partial charge in [-0.05, 0) is 28.8 Å². The first-order valence-electron chi connectivity index (χ1n) is 4.77. The highest BCUT2D eigenvalue weighted by Gasteiger charge is 2.02. The van der Waals surface area contributed by atoms with Gasteiger partial charge in [0.15, 0.2) is 0 Å². The van der Waals surface area contributed by atoms with Crippen molar-refractivity contribution in [3.8, 4) is 6.07 Å². The third-order valence-corrected chi connectivity index (χ3v) is 2.52. The number of nitrogens with zero attached hydrogens (tertiary/aromatic N) is 1. The summed E-state index contributed by atoms with van der Waals surface area (Å²) in [6.45, 7) is 2.13. The molecule has 0 saturated carbocycles. The second kappa shape index (κ2) is 3.51. The van der Waals surface area contributed by atoms with Gasteiger partial charge in [0.2, 0.25) is 0 Å². The summed E-state index contributed by atoms with van der Waals surface area (Å²) < 4.78 is 0. The second-order valence-corrected chi connectivity index (χ2v) is 3.28. The Balaban J connectivity index is 2.87. The van der Waals surface area contributed by atoms with Gasteiger partial charge in [0.25, 0.3) is 0 Å². The maximum Gasteiger partial charge on any atom is 0.0998 e. The van der Waals surface area contributed by atoms with Crippen molar-refractivity contribution in [1.29, 1.82) is 5.26 Å². The zero-order valence-corrected chi connectivity index (χ0v) is 8.12. The topological polar surface area (TPSA) is 23.8 Å². The summed E-state index contributed by atoms with van der Waals surface area (Å²) in [7, 11) is 0. The van der Waals surface area contributed by atoms with Crippen LogP contribution in [0.2, 0.25) is 0 Å². The molecule has 1 heteroatoms. The minimum Gasteiger partial charge on any atom is -0.192 e. The van der Waals surface area contributed by atoms with Crippen molar-refractivity contribution in [2.75, 3.05) is 0 Å². The summed E-state index contributed by atoms with van der Waals surface area (Å²) >= 11 is 0. The van der Waals surface area contributed by atoms with Crippen LogP contribution < -0.4 is 0 Å². The fourth-order valence-corrected chi connectivity index (χ4v) is 1.77. The van der Waals surface area contributed by atoms with Gasteiger partial charge in [-0.15, -0.1) is 0 Å². The molecule has 0 fully saturated rings. The van der Waals surface area contributed by atoms with Crippen LogP contribution in [0, 0.1) is 11.3 Å². The van der Waals surface area contributed by atoms with E-state index in [9.17, 15) is 0 Å². The van der Waals surface area contributed by atoms with Crippen molar-refractivity contribution in [3.05, 3.63) is 47.5 Å². The number of hydrogen-bond donors (Lipinski definition) is 0. The SMILES string of the molecule is CCc1ccc(C#N)c2ccccc12. The van der Waals surface area contributed by atoms with Crippen LogP contribution in [0.5, 0.6) is 0 Å². The van der Waals surface area contributed by atoms with E-state index >= 15 is 0 Å². The van der Waals surface area contributed by atoms with Crippen molar-refractivity contribution in [2.45, 2.75) is 13.3 Å². The van der Waals surface area contributed by atoms with E-state index in [2.05, 4.69) is 19.1 Å². The molecule has 0 unspecified atom stereocenters. The lowest BCUT2D eigenvalue weighted by molar-refractivity contribution is 1.16. The highest BCUT2D eigenvalue weighted by molar-refractivity contribution is 5.90. The fourth-order valence-electron chi connectivity index (χ4n) is 1.77. The van der Waals surface area contributed by atoms with Crippen LogP contribution in [-0.2, 0) is 6.42 Å². The molecular formula is C13H11N. The van der Waals surface area contributed by atoms with Crippen LogP contribution >= 0.6 is 0 Å². The summed E-state index contributed by atoms with van der Waals surface area (Å²) in [4.78, 5) is 0. The maximum absolute atomic E-state index is 8.95. The first-order chi connectivity index (χ1) is 6.86. The van der Waals surface area contributed by atoms with E-state index in [1.165, 1.54) is 10.9 Å². The van der Waals surface area contributed by atoms with Crippen molar-refractivity contribution in [2.24, 2.45) is 0 Å². The number of benzene rings is 2. The van der Waals surface area contributed by atoms with Gasteiger partial charge in [0, 0.05) is 0 Å². The lowest BCUT2D eigenvalue weighted by atomic mass is 9.99. The predicted octanol–water partition coefficient (Wildman–Crippen LogP) is 3.27. The largest absolute Gasteiger partial charge is 0.192 e. The number of rotatable bonds is 1. The fraction of sp³-hybridized carbons (Fsp3) is 0.154. The highest BCUT2D eigenvalue weighted by atomic mass is 14.2. The summed E-state index contributed by atoms with van der Waals surface area (Å²) in [6, 6.07) is 14.2. The molecule has 1 nitrogen and oxygen atoms in total. The van der Waals surface area contributed by atoms with Gasteiger partial charge < -0.3 is 0 Å². The van der Waals surface area contributed by atoms with E-state index in [0.717, 1.165) is 17.4 Å². The lowest BCUT2D eigenvalue weighted by Gasteiger charge is -2.04. The Morgan fingerprint density at radius 3 is 2.43 bits per heavy atom. The predicted molar refractivity (Wildman–Crippen MR) is 58.0 cm³/mol. The van der Waals surface area contributed by atoms with Crippen LogP contribution in [0.15, 0.2) is 36.4 Å². The molecule has 0 aliphatic carbocycles. The molecule has 0 amide bonds. The molecule has 68 valence electrons. The first-order valence-corrected chi connectivity index (χ1v) is 4.77. The number of nitriles is 1. The molecular weight excluding hydrogens is 170 g/mol. The third-order valence-electron chi connectivity index (χ3n) is 2.52. The van der Waals surface area contributed by atoms with E-state index in [1.807, 2.05) is 30.3 Å². The van der Waals surface area contributed by atoms with Crippen LogP contribution in [0.1, 0.15) is 18.1 Å². The molecule has 0 aliphatic rings. The van der Waals surface area contributed by atoms with Crippen LogP contribution in [0.25, 0.3) is 10.8 Å². The lowest BCUT2D eigenvalue weighted by Crippen LogP contribution is -1.86. The average Bonchev–Trinajstić information content (AvgIpc) is 2.27. The first kappa shape index (κ1) is 8.77. The quantitative estimate of drug-likeness (QED) is 0.662. The van der Waals surface area contributed by atoms with Crippen LogP contribution in [0.3, 0.4) is 0 Å². The molecule has 2 aromatic carbocycles. The number of hydrogen-bond acceptors (Lipinski definition) is 1. The number of aryl methyl sites for hydroxylation is 1. The van der Waals surface area contributed by atoms with Gasteiger partial charge in [-0.25, -0.2) is 0 Å². The maximum atomic E-state index is 8.95. The Labute approximate surface area is 83.6 Å². The van der Waals surface area contributed by atoms with E-state index in [-0.39, 0.29) is 0 Å². The zero-order valence-electron chi connectivity index (χ0n) is 8.12. The summed E-state index contributed by atoms with van der Waals surface area (Å²) in [5.41, 5.74) is 2.07. The zero-order chi connectivity index (χ0) is 9.97. The Kier molecular flexibility index (Phi) is 2.20. The molecule has 0 N–H and O–H groups in total. The molecule has 0 aromatic heterocycles. The summed E-state index contributed by atoms with van der Waals surface area (Å²) in [5, 5.41) is 11.2. The third kappa shape index (κ3) is 1.25. The molecule has 0 heterocycles. The average molecular weight is 181 g/mol. The minimum atomic E-state index is 0.762. The van der Waals surface area contributed by atoms with E-state index in [0.29, 0.717) is 0 Å². The molecule has 0 bridgehead atoms. The van der Waals surface area contributed by atoms with Crippen molar-refractivity contribution in [3.63, 3.8) is 0 Å². The molecule has 0 aliphatic heterocycles. The molecule has 0 spiro atoms. The van der Waals surface area contributed by atoms with Crippen molar-refractivity contribution >= 4 is 10.8 Å². The van der Waals surface area contributed by atoms with E-state index in [4.69, 9.17) is 5.26 Å². The highest BCUT2D eigenvalue weighted by Crippen LogP contribution is 2.22. The second-order valence-electron chi connectivity index (χ2n) is 3.28. The number of fused-ring (bicyclic) bond motifs is 1. The molecule has 0 saturated heterocycles. The molecule has 0 atom stereocenters. The standard InChI is InChI=1S/C13H11N/c1-2-10-7-8-11(9-14)13-6-4-3-5-12(10)13/h3-8H,2H2,1H3. The molecule has 14 heavy (non-hydrogen) atoms. The van der Waals surface area contributed by atoms with Gasteiger partial charge in [-0.1, -0.05) is 37.3 Å². The Hall–Kier alpha value is -1.81. The van der Waals surface area contributed by atoms with E-state index in [1.54, 1.807) is 0 Å². The molecule has 2 aromatic rings. The molecule has 0 radical (unpaired) electrons. The Bertz CT molecular complexity index is 506. The monoisotopic (exact) mass is 181 g/mol. The summed E-state index contributed by atoms with van der Waals surface area (Å²) in [6.07, 6.45) is 1.01. The smallest absolute Gasteiger partial charge is 0.0998 e. The molecule has 2 rings (SSSR count). The van der Waals surface area contributed by atoms with Gasteiger partial charge in [-0.2, -0.15) is 5.26 Å². The minimum absolute atomic E-state index is 0.762.